The number of ether oxygens (including phenoxy) is 2. The molecule has 2 N–H and O–H groups in total. The van der Waals surface area contributed by atoms with Gasteiger partial charge in [-0.1, -0.05) is 48.5 Å². The number of nitrogens with zero attached hydrogens (tertiary/aromatic N) is 1. The van der Waals surface area contributed by atoms with Gasteiger partial charge in [-0.15, -0.1) is 0 Å². The molecule has 0 bridgehead atoms. The second-order valence-electron chi connectivity index (χ2n) is 11.3. The number of hydrogen-bond acceptors (Lipinski definition) is 6. The lowest BCUT2D eigenvalue weighted by atomic mass is 9.77. The van der Waals surface area contributed by atoms with E-state index in [4.69, 9.17) is 9.47 Å². The summed E-state index contributed by atoms with van der Waals surface area (Å²) in [6, 6.07) is 13.9. The van der Waals surface area contributed by atoms with Crippen LogP contribution in [0.2, 0.25) is 0 Å². The minimum atomic E-state index is -1.08. The predicted octanol–water partition coefficient (Wildman–Crippen LogP) is 4.28. The van der Waals surface area contributed by atoms with Crippen molar-refractivity contribution in [1.29, 1.82) is 0 Å². The normalized spacial score (nSPS) is 21.1. The van der Waals surface area contributed by atoms with Crippen LogP contribution in [0.5, 0.6) is 0 Å². The largest absolute Gasteiger partial charge is 0.481 e. The molecule has 8 heteroatoms. The topological polar surface area (TPSA) is 105 Å². The van der Waals surface area contributed by atoms with Crippen molar-refractivity contribution in [2.24, 2.45) is 11.8 Å². The summed E-state index contributed by atoms with van der Waals surface area (Å²) >= 11 is 0. The number of carbonyl (C=O) groups excluding carboxylic acids is 2. The highest BCUT2D eigenvalue weighted by Crippen LogP contribution is 2.48. The quantitative estimate of drug-likeness (QED) is 0.575. The number of ketones is 1. The fourth-order valence-electron chi connectivity index (χ4n) is 5.67. The average Bonchev–Trinajstić information content (AvgIpc) is 3.34. The smallest absolute Gasteiger partial charge is 0.410 e. The number of amides is 1. The zero-order valence-electron chi connectivity index (χ0n) is 22.3. The Morgan fingerprint density at radius 3 is 2.08 bits per heavy atom. The molecule has 37 heavy (non-hydrogen) atoms. The molecule has 4 rings (SSSR count). The van der Waals surface area contributed by atoms with Crippen molar-refractivity contribution in [1.82, 2.24) is 10.2 Å². The minimum Gasteiger partial charge on any atom is -0.481 e. The zero-order chi connectivity index (χ0) is 27.1. The first-order chi connectivity index (χ1) is 17.4. The lowest BCUT2D eigenvalue weighted by molar-refractivity contribution is -0.148. The van der Waals surface area contributed by atoms with Crippen molar-refractivity contribution >= 4 is 17.8 Å². The van der Waals surface area contributed by atoms with Gasteiger partial charge in [0.15, 0.2) is 5.78 Å². The second kappa shape index (κ2) is 9.91. The molecule has 0 spiro atoms. The fraction of sp³-hybridized carbons (Fsp3) is 0.483. The summed E-state index contributed by atoms with van der Waals surface area (Å²) in [5, 5.41) is 13.1. The highest BCUT2D eigenvalue weighted by molar-refractivity contribution is 5.95. The second-order valence-corrected chi connectivity index (χ2v) is 11.3. The van der Waals surface area contributed by atoms with E-state index >= 15 is 0 Å². The first kappa shape index (κ1) is 26.8. The molecular formula is C29H36N2O6. The molecule has 1 aliphatic carbocycles. The van der Waals surface area contributed by atoms with E-state index in [9.17, 15) is 19.5 Å². The summed E-state index contributed by atoms with van der Waals surface area (Å²) in [6.07, 6.45) is -0.678. The van der Waals surface area contributed by atoms with Crippen molar-refractivity contribution in [2.75, 3.05) is 20.3 Å². The Hall–Kier alpha value is -3.23. The molecule has 1 heterocycles. The molecule has 0 radical (unpaired) electrons. The summed E-state index contributed by atoms with van der Waals surface area (Å²) in [4.78, 5) is 41.6. The molecule has 1 aliphatic heterocycles. The van der Waals surface area contributed by atoms with Crippen LogP contribution < -0.4 is 5.32 Å². The standard InChI is InChI=1S/C29H36N2O6/c1-28(2,3)37-16-22(25(32)23-21(26(33)34)15-30-29(23,4)5)31(27(35)36-6)24-19-13-9-7-11-17(19)18-12-8-10-14-20(18)24/h7-14,21-24,30H,15-16H2,1-6H3,(H,33,34)/t21-,22?,23-/m1/s1. The molecule has 8 nitrogen and oxygen atoms in total. The van der Waals surface area contributed by atoms with E-state index in [-0.39, 0.29) is 18.9 Å². The lowest BCUT2D eigenvalue weighted by Gasteiger charge is -2.39. The third kappa shape index (κ3) is 5.00. The van der Waals surface area contributed by atoms with E-state index in [1.807, 2.05) is 83.1 Å². The Bertz CT molecular complexity index is 1160. The van der Waals surface area contributed by atoms with E-state index in [1.165, 1.54) is 12.0 Å². The van der Waals surface area contributed by atoms with E-state index < -0.39 is 47.1 Å². The van der Waals surface area contributed by atoms with Crippen molar-refractivity contribution in [2.45, 2.75) is 57.8 Å². The van der Waals surface area contributed by atoms with Crippen molar-refractivity contribution in [3.05, 3.63) is 59.7 Å². The van der Waals surface area contributed by atoms with Gasteiger partial charge in [0.2, 0.25) is 0 Å². The Morgan fingerprint density at radius 2 is 1.59 bits per heavy atom. The molecule has 198 valence electrons. The van der Waals surface area contributed by atoms with Crippen LogP contribution in [0, 0.1) is 11.8 Å². The van der Waals surface area contributed by atoms with Gasteiger partial charge < -0.3 is 19.9 Å². The third-order valence-corrected chi connectivity index (χ3v) is 7.38. The van der Waals surface area contributed by atoms with Crippen LogP contribution in [-0.4, -0.2) is 65.3 Å². The van der Waals surface area contributed by atoms with Gasteiger partial charge in [0.1, 0.15) is 6.04 Å². The predicted molar refractivity (Wildman–Crippen MR) is 139 cm³/mol. The summed E-state index contributed by atoms with van der Waals surface area (Å²) in [5.74, 6) is -3.22. The molecule has 1 amide bonds. The first-order valence-electron chi connectivity index (χ1n) is 12.6. The molecule has 0 aromatic heterocycles. The van der Waals surface area contributed by atoms with Gasteiger partial charge >= 0.3 is 12.1 Å². The number of aliphatic carboxylic acids is 1. The Balaban J connectivity index is 1.87. The Labute approximate surface area is 217 Å². The minimum absolute atomic E-state index is 0.100. The molecule has 3 atom stereocenters. The van der Waals surface area contributed by atoms with Gasteiger partial charge in [-0.3, -0.25) is 14.5 Å². The van der Waals surface area contributed by atoms with E-state index in [0.29, 0.717) is 0 Å². The number of methoxy groups -OCH3 is 1. The van der Waals surface area contributed by atoms with Crippen LogP contribution >= 0.6 is 0 Å². The fourth-order valence-corrected chi connectivity index (χ4v) is 5.67. The highest BCUT2D eigenvalue weighted by atomic mass is 16.5. The summed E-state index contributed by atoms with van der Waals surface area (Å²) in [5.41, 5.74) is 2.33. The van der Waals surface area contributed by atoms with Crippen molar-refractivity contribution in [3.8, 4) is 11.1 Å². The van der Waals surface area contributed by atoms with Crippen molar-refractivity contribution in [3.63, 3.8) is 0 Å². The summed E-state index contributed by atoms with van der Waals surface area (Å²) in [6.45, 7) is 9.33. The van der Waals surface area contributed by atoms with E-state index in [2.05, 4.69) is 5.32 Å². The monoisotopic (exact) mass is 508 g/mol. The molecule has 2 aromatic carbocycles. The number of nitrogens with one attached hydrogen (secondary N) is 1. The van der Waals surface area contributed by atoms with Gasteiger partial charge in [0.25, 0.3) is 0 Å². The van der Waals surface area contributed by atoms with Gasteiger partial charge in [-0.05, 0) is 56.9 Å². The molecular weight excluding hydrogens is 472 g/mol. The third-order valence-electron chi connectivity index (χ3n) is 7.38. The van der Waals surface area contributed by atoms with E-state index in [1.54, 1.807) is 0 Å². The molecule has 0 saturated carbocycles. The van der Waals surface area contributed by atoms with Gasteiger partial charge in [-0.2, -0.15) is 0 Å². The maximum atomic E-state index is 14.4. The Kier molecular flexibility index (Phi) is 7.18. The van der Waals surface area contributed by atoms with Crippen LogP contribution in [0.4, 0.5) is 4.79 Å². The number of rotatable bonds is 7. The molecule has 2 aliphatic rings. The first-order valence-corrected chi connectivity index (χ1v) is 12.6. The van der Waals surface area contributed by atoms with Crippen LogP contribution in [0.25, 0.3) is 11.1 Å². The van der Waals surface area contributed by atoms with Crippen molar-refractivity contribution < 1.29 is 29.0 Å². The van der Waals surface area contributed by atoms with Crippen LogP contribution in [-0.2, 0) is 19.1 Å². The maximum absolute atomic E-state index is 14.4. The number of hydrogen-bond donors (Lipinski definition) is 2. The SMILES string of the molecule is COC(=O)N(C(COC(C)(C)C)C(=O)[C@H]1[C@H](C(=O)O)CNC1(C)C)C1c2ccccc2-c2ccccc21. The number of benzene rings is 2. The lowest BCUT2D eigenvalue weighted by Crippen LogP contribution is -2.56. The van der Waals surface area contributed by atoms with Crippen LogP contribution in [0.15, 0.2) is 48.5 Å². The number of carboxylic acids is 1. The molecule has 1 saturated heterocycles. The number of carboxylic acid groups (broad SMARTS) is 1. The van der Waals surface area contributed by atoms with Gasteiger partial charge in [-0.25, -0.2) is 4.79 Å². The number of Topliss-reactive ketones (excluding diaryl/α,β-unsaturated/α-hetero) is 1. The van der Waals surface area contributed by atoms with Crippen LogP contribution in [0.3, 0.4) is 0 Å². The maximum Gasteiger partial charge on any atom is 0.410 e. The van der Waals surface area contributed by atoms with Gasteiger partial charge in [0.05, 0.1) is 37.2 Å². The number of fused-ring (bicyclic) bond motifs is 3. The Morgan fingerprint density at radius 1 is 1.05 bits per heavy atom. The molecule has 1 fully saturated rings. The molecule has 2 aromatic rings. The highest BCUT2D eigenvalue weighted by Gasteiger charge is 2.53. The van der Waals surface area contributed by atoms with E-state index in [0.717, 1.165) is 22.3 Å². The zero-order valence-corrected chi connectivity index (χ0v) is 22.3. The van der Waals surface area contributed by atoms with Gasteiger partial charge in [0, 0.05) is 12.1 Å². The average molecular weight is 509 g/mol. The van der Waals surface area contributed by atoms with Crippen LogP contribution in [0.1, 0.15) is 51.8 Å². The summed E-state index contributed by atoms with van der Waals surface area (Å²) < 4.78 is 11.4. The molecule has 1 unspecified atom stereocenters. The number of carbonyl (C=O) groups is 3. The summed E-state index contributed by atoms with van der Waals surface area (Å²) in [7, 11) is 1.29.